The molecule has 6 heteroatoms. The predicted molar refractivity (Wildman–Crippen MR) is 123 cm³/mol. The van der Waals surface area contributed by atoms with E-state index >= 15 is 0 Å². The van der Waals surface area contributed by atoms with Gasteiger partial charge in [-0.05, 0) is 44.8 Å². The summed E-state index contributed by atoms with van der Waals surface area (Å²) < 4.78 is 0. The van der Waals surface area contributed by atoms with Crippen molar-refractivity contribution in [1.82, 2.24) is 15.2 Å². The van der Waals surface area contributed by atoms with Gasteiger partial charge in [0.05, 0.1) is 5.57 Å². The van der Waals surface area contributed by atoms with Gasteiger partial charge in [0.15, 0.2) is 0 Å². The second-order valence-corrected chi connectivity index (χ2v) is 8.53. The van der Waals surface area contributed by atoms with Gasteiger partial charge in [-0.1, -0.05) is 36.4 Å². The zero-order valence-corrected chi connectivity index (χ0v) is 17.8. The third-order valence-corrected chi connectivity index (χ3v) is 6.26. The Kier molecular flexibility index (Phi) is 4.87. The number of nitrogens with zero attached hydrogens (tertiary/aromatic N) is 2. The van der Waals surface area contributed by atoms with E-state index in [9.17, 15) is 9.59 Å². The van der Waals surface area contributed by atoms with Crippen LogP contribution in [0.25, 0.3) is 16.5 Å². The number of imide groups is 1. The number of carbonyl (C=O) groups excluding carboxylic acids is 2. The van der Waals surface area contributed by atoms with Crippen molar-refractivity contribution in [2.45, 2.75) is 12.3 Å². The van der Waals surface area contributed by atoms with E-state index in [-0.39, 0.29) is 17.7 Å². The molecule has 0 saturated heterocycles. The Labute approximate surface area is 181 Å². The summed E-state index contributed by atoms with van der Waals surface area (Å²) >= 11 is 0. The Bertz CT molecular complexity index is 1210. The Morgan fingerprint density at radius 3 is 2.65 bits per heavy atom. The van der Waals surface area contributed by atoms with Gasteiger partial charge >= 0.3 is 0 Å². The first-order chi connectivity index (χ1) is 15.0. The summed E-state index contributed by atoms with van der Waals surface area (Å²) in [6.07, 6.45) is 2.88. The van der Waals surface area contributed by atoms with E-state index in [1.54, 1.807) is 0 Å². The van der Waals surface area contributed by atoms with Crippen LogP contribution in [0.3, 0.4) is 0 Å². The summed E-state index contributed by atoms with van der Waals surface area (Å²) in [6.45, 7) is 2.62. The summed E-state index contributed by atoms with van der Waals surface area (Å²) in [5.41, 5.74) is 5.09. The van der Waals surface area contributed by atoms with Crippen LogP contribution in [-0.2, 0) is 9.59 Å². The summed E-state index contributed by atoms with van der Waals surface area (Å²) in [4.78, 5) is 33.7. The lowest BCUT2D eigenvalue weighted by molar-refractivity contribution is -0.123. The average molecular weight is 415 g/mol. The van der Waals surface area contributed by atoms with Crippen LogP contribution in [0.4, 0.5) is 5.69 Å². The van der Waals surface area contributed by atoms with Crippen LogP contribution >= 0.6 is 0 Å². The van der Waals surface area contributed by atoms with Gasteiger partial charge in [-0.25, -0.2) is 0 Å². The molecule has 158 valence electrons. The topological polar surface area (TPSA) is 68.4 Å². The lowest BCUT2D eigenvalue weighted by Gasteiger charge is -2.21. The number of rotatable bonds is 6. The highest BCUT2D eigenvalue weighted by atomic mass is 16.2. The fourth-order valence-corrected chi connectivity index (χ4v) is 4.87. The molecular formula is C25H26N4O2. The Balaban J connectivity index is 1.58. The minimum atomic E-state index is -0.312. The Morgan fingerprint density at radius 2 is 1.81 bits per heavy atom. The van der Waals surface area contributed by atoms with Gasteiger partial charge in [-0.2, -0.15) is 0 Å². The summed E-state index contributed by atoms with van der Waals surface area (Å²) in [5.74, 6) is -0.723. The standard InChI is InChI=1S/C25H26N4O2/c1-28(2)12-7-13-29-15-19(17-9-4-6-11-21(17)29)23-22(24(30)27-25(23)31)18-14-26-20-10-5-3-8-16(18)20/h3-6,8-11,14,19,26H,7,12-13,15H2,1-2H3,(H,27,30,31). The minimum absolute atomic E-state index is 0.134. The van der Waals surface area contributed by atoms with Crippen LogP contribution in [0.1, 0.15) is 23.5 Å². The number of nitrogens with one attached hydrogen (secondary N) is 2. The van der Waals surface area contributed by atoms with Crippen LogP contribution < -0.4 is 10.2 Å². The molecule has 0 spiro atoms. The molecule has 1 aromatic heterocycles. The van der Waals surface area contributed by atoms with E-state index in [0.717, 1.165) is 47.2 Å². The van der Waals surface area contributed by atoms with Gasteiger partial charge in [0.25, 0.3) is 11.8 Å². The number of fused-ring (bicyclic) bond motifs is 2. The molecule has 2 N–H and O–H groups in total. The number of carbonyl (C=O) groups is 2. The van der Waals surface area contributed by atoms with Gasteiger partial charge in [0.1, 0.15) is 0 Å². The molecule has 2 amide bonds. The van der Waals surface area contributed by atoms with Gasteiger partial charge in [-0.3, -0.25) is 14.9 Å². The molecule has 0 saturated carbocycles. The van der Waals surface area contributed by atoms with Crippen molar-refractivity contribution in [3.8, 4) is 0 Å². The van der Waals surface area contributed by atoms with Crippen molar-refractivity contribution in [3.63, 3.8) is 0 Å². The smallest absolute Gasteiger partial charge is 0.259 e. The molecule has 0 fully saturated rings. The molecule has 1 unspecified atom stereocenters. The van der Waals surface area contributed by atoms with E-state index < -0.39 is 0 Å². The number of amides is 2. The number of aromatic amines is 1. The average Bonchev–Trinajstić information content (AvgIpc) is 3.41. The SMILES string of the molecule is CN(C)CCCN1CC(C2=C(c3c[nH]c4ccccc34)C(=O)NC2=O)c2ccccc21. The second-order valence-electron chi connectivity index (χ2n) is 8.53. The van der Waals surface area contributed by atoms with Crippen molar-refractivity contribution in [3.05, 3.63) is 71.4 Å². The van der Waals surface area contributed by atoms with E-state index in [2.05, 4.69) is 46.3 Å². The number of hydrogen-bond acceptors (Lipinski definition) is 4. The molecule has 0 aliphatic carbocycles. The lowest BCUT2D eigenvalue weighted by Crippen LogP contribution is -2.28. The third-order valence-electron chi connectivity index (χ3n) is 6.26. The minimum Gasteiger partial charge on any atom is -0.370 e. The van der Waals surface area contributed by atoms with Gasteiger partial charge < -0.3 is 14.8 Å². The molecule has 31 heavy (non-hydrogen) atoms. The number of benzene rings is 2. The normalized spacial score (nSPS) is 18.4. The van der Waals surface area contributed by atoms with Crippen molar-refractivity contribution in [2.75, 3.05) is 38.6 Å². The van der Waals surface area contributed by atoms with E-state index in [4.69, 9.17) is 0 Å². The summed E-state index contributed by atoms with van der Waals surface area (Å²) in [5, 5.41) is 3.51. The molecule has 6 nitrogen and oxygen atoms in total. The Morgan fingerprint density at radius 1 is 1.03 bits per heavy atom. The monoisotopic (exact) mass is 414 g/mol. The van der Waals surface area contributed by atoms with Gasteiger partial charge in [0, 0.05) is 52.9 Å². The van der Waals surface area contributed by atoms with Crippen LogP contribution in [-0.4, -0.2) is 55.4 Å². The molecular weight excluding hydrogens is 388 g/mol. The van der Waals surface area contributed by atoms with Crippen molar-refractivity contribution >= 4 is 34.0 Å². The number of H-pyrrole nitrogens is 1. The molecule has 3 heterocycles. The fourth-order valence-electron chi connectivity index (χ4n) is 4.87. The molecule has 2 aliphatic heterocycles. The first-order valence-electron chi connectivity index (χ1n) is 10.7. The number of para-hydroxylation sites is 2. The Hall–Kier alpha value is -3.38. The highest BCUT2D eigenvalue weighted by Gasteiger charge is 2.41. The largest absolute Gasteiger partial charge is 0.370 e. The summed E-state index contributed by atoms with van der Waals surface area (Å²) in [7, 11) is 4.15. The maximum Gasteiger partial charge on any atom is 0.259 e. The maximum absolute atomic E-state index is 13.0. The van der Waals surface area contributed by atoms with Gasteiger partial charge in [0.2, 0.25) is 0 Å². The molecule has 2 aliphatic rings. The molecule has 0 bridgehead atoms. The van der Waals surface area contributed by atoms with Crippen LogP contribution in [0.15, 0.2) is 60.3 Å². The molecule has 5 rings (SSSR count). The number of anilines is 1. The van der Waals surface area contributed by atoms with Crippen LogP contribution in [0.2, 0.25) is 0 Å². The highest BCUT2D eigenvalue weighted by molar-refractivity contribution is 6.38. The van der Waals surface area contributed by atoms with Crippen LogP contribution in [0, 0.1) is 0 Å². The number of hydrogen-bond donors (Lipinski definition) is 2. The van der Waals surface area contributed by atoms with Crippen molar-refractivity contribution < 1.29 is 9.59 Å². The zero-order valence-electron chi connectivity index (χ0n) is 17.8. The second kappa shape index (κ2) is 7.71. The van der Waals surface area contributed by atoms with Gasteiger partial charge in [-0.15, -0.1) is 0 Å². The fraction of sp³-hybridized carbons (Fsp3) is 0.280. The van der Waals surface area contributed by atoms with E-state index in [0.29, 0.717) is 17.7 Å². The van der Waals surface area contributed by atoms with Crippen LogP contribution in [0.5, 0.6) is 0 Å². The van der Waals surface area contributed by atoms with E-state index in [1.807, 2.05) is 42.6 Å². The first kappa shape index (κ1) is 19.6. The molecule has 3 aromatic rings. The van der Waals surface area contributed by atoms with Crippen molar-refractivity contribution in [1.29, 1.82) is 0 Å². The quantitative estimate of drug-likeness (QED) is 0.608. The zero-order chi connectivity index (χ0) is 21.5. The lowest BCUT2D eigenvalue weighted by atomic mass is 9.88. The maximum atomic E-state index is 13.0. The number of aromatic nitrogens is 1. The summed E-state index contributed by atoms with van der Waals surface area (Å²) in [6, 6.07) is 16.1. The predicted octanol–water partition coefficient (Wildman–Crippen LogP) is 3.13. The molecule has 1 atom stereocenters. The van der Waals surface area contributed by atoms with Crippen molar-refractivity contribution in [2.24, 2.45) is 0 Å². The molecule has 0 radical (unpaired) electrons. The first-order valence-corrected chi connectivity index (χ1v) is 10.7. The highest BCUT2D eigenvalue weighted by Crippen LogP contribution is 2.44. The third kappa shape index (κ3) is 3.33. The van der Waals surface area contributed by atoms with E-state index in [1.165, 1.54) is 0 Å². The molecule has 2 aromatic carbocycles.